The predicted molar refractivity (Wildman–Crippen MR) is 90.4 cm³/mol. The second kappa shape index (κ2) is 7.21. The standard InChI is InChI=1S/C16H22N2O5S/c1-3-10-24(22,23)17-14-7-5-4-6-13(14)15(19)18-9-8-12(11(18)2)16(20)21/h4-7,11-12,17H,3,8-10H2,1-2H3,(H,20,21). The van der Waals surface area contributed by atoms with E-state index in [-0.39, 0.29) is 22.9 Å². The van der Waals surface area contributed by atoms with Crippen LogP contribution in [0.4, 0.5) is 5.69 Å². The lowest BCUT2D eigenvalue weighted by Gasteiger charge is -2.24. The molecule has 132 valence electrons. The summed E-state index contributed by atoms with van der Waals surface area (Å²) in [5, 5.41) is 9.19. The smallest absolute Gasteiger partial charge is 0.308 e. The quantitative estimate of drug-likeness (QED) is 0.810. The van der Waals surface area contributed by atoms with E-state index in [2.05, 4.69) is 4.72 Å². The minimum absolute atomic E-state index is 0.0310. The zero-order chi connectivity index (χ0) is 17.9. The van der Waals surface area contributed by atoms with Gasteiger partial charge in [-0.3, -0.25) is 14.3 Å². The van der Waals surface area contributed by atoms with Gasteiger partial charge in [-0.2, -0.15) is 0 Å². The van der Waals surface area contributed by atoms with Crippen LogP contribution in [0.15, 0.2) is 24.3 Å². The Bertz CT molecular complexity index is 732. The number of sulfonamides is 1. The summed E-state index contributed by atoms with van der Waals surface area (Å²) in [5.41, 5.74) is 0.456. The molecule has 2 unspecified atom stereocenters. The van der Waals surface area contributed by atoms with Crippen LogP contribution in [0.2, 0.25) is 0 Å². The molecule has 0 saturated carbocycles. The molecule has 1 saturated heterocycles. The molecular formula is C16H22N2O5S. The molecule has 0 aliphatic carbocycles. The monoisotopic (exact) mass is 354 g/mol. The molecule has 1 aliphatic heterocycles. The Morgan fingerprint density at radius 3 is 2.58 bits per heavy atom. The normalized spacial score (nSPS) is 20.8. The van der Waals surface area contributed by atoms with Crippen molar-refractivity contribution in [3.05, 3.63) is 29.8 Å². The summed E-state index contributed by atoms with van der Waals surface area (Å²) in [6, 6.07) is 5.95. The molecule has 0 aromatic heterocycles. The highest BCUT2D eigenvalue weighted by Gasteiger charge is 2.38. The van der Waals surface area contributed by atoms with E-state index in [0.717, 1.165) is 0 Å². The first-order chi connectivity index (χ1) is 11.3. The van der Waals surface area contributed by atoms with Gasteiger partial charge in [-0.05, 0) is 31.9 Å². The molecule has 1 heterocycles. The number of carbonyl (C=O) groups is 2. The molecule has 0 radical (unpaired) electrons. The predicted octanol–water partition coefficient (Wildman–Crippen LogP) is 1.77. The molecule has 1 aromatic carbocycles. The van der Waals surface area contributed by atoms with Crippen LogP contribution < -0.4 is 4.72 Å². The van der Waals surface area contributed by atoms with Gasteiger partial charge in [0.2, 0.25) is 10.0 Å². The van der Waals surface area contributed by atoms with Crippen molar-refractivity contribution in [2.75, 3.05) is 17.0 Å². The minimum atomic E-state index is -3.52. The highest BCUT2D eigenvalue weighted by atomic mass is 32.2. The average Bonchev–Trinajstić information content (AvgIpc) is 2.88. The lowest BCUT2D eigenvalue weighted by molar-refractivity contribution is -0.142. The summed E-state index contributed by atoms with van der Waals surface area (Å²) in [4.78, 5) is 25.5. The molecule has 0 bridgehead atoms. The number of carbonyl (C=O) groups excluding carboxylic acids is 1. The van der Waals surface area contributed by atoms with E-state index in [4.69, 9.17) is 0 Å². The Morgan fingerprint density at radius 1 is 1.33 bits per heavy atom. The van der Waals surface area contributed by atoms with Crippen molar-refractivity contribution >= 4 is 27.6 Å². The van der Waals surface area contributed by atoms with Gasteiger partial charge in [0, 0.05) is 12.6 Å². The Labute approximate surface area is 141 Å². The number of nitrogens with zero attached hydrogens (tertiary/aromatic N) is 1. The summed E-state index contributed by atoms with van der Waals surface area (Å²) < 4.78 is 26.4. The van der Waals surface area contributed by atoms with E-state index < -0.39 is 28.0 Å². The lowest BCUT2D eigenvalue weighted by Crippen LogP contribution is -2.38. The van der Waals surface area contributed by atoms with Crippen molar-refractivity contribution in [2.24, 2.45) is 5.92 Å². The number of rotatable bonds is 6. The lowest BCUT2D eigenvalue weighted by atomic mass is 10.0. The van der Waals surface area contributed by atoms with Crippen LogP contribution >= 0.6 is 0 Å². The van der Waals surface area contributed by atoms with Crippen molar-refractivity contribution in [2.45, 2.75) is 32.7 Å². The Balaban J connectivity index is 2.27. The van der Waals surface area contributed by atoms with Gasteiger partial charge in [-0.25, -0.2) is 8.42 Å². The fraction of sp³-hybridized carbons (Fsp3) is 0.500. The van der Waals surface area contributed by atoms with E-state index in [9.17, 15) is 23.1 Å². The number of carboxylic acid groups (broad SMARTS) is 1. The number of nitrogens with one attached hydrogen (secondary N) is 1. The number of hydrogen-bond donors (Lipinski definition) is 2. The van der Waals surface area contributed by atoms with Gasteiger partial charge in [-0.1, -0.05) is 19.1 Å². The van der Waals surface area contributed by atoms with Crippen molar-refractivity contribution < 1.29 is 23.1 Å². The van der Waals surface area contributed by atoms with E-state index in [0.29, 0.717) is 19.4 Å². The van der Waals surface area contributed by atoms with E-state index in [1.165, 1.54) is 11.0 Å². The molecule has 0 spiro atoms. The molecular weight excluding hydrogens is 332 g/mol. The molecule has 2 N–H and O–H groups in total. The van der Waals surface area contributed by atoms with Gasteiger partial charge in [0.15, 0.2) is 0 Å². The summed E-state index contributed by atoms with van der Waals surface area (Å²) in [7, 11) is -3.52. The van der Waals surface area contributed by atoms with Gasteiger partial charge >= 0.3 is 5.97 Å². The number of benzene rings is 1. The average molecular weight is 354 g/mol. The SMILES string of the molecule is CCCS(=O)(=O)Nc1ccccc1C(=O)N1CCC(C(=O)O)C1C. The fourth-order valence-corrected chi connectivity index (χ4v) is 4.11. The molecule has 8 heteroatoms. The maximum atomic E-state index is 12.8. The number of hydrogen-bond acceptors (Lipinski definition) is 4. The minimum Gasteiger partial charge on any atom is -0.481 e. The van der Waals surface area contributed by atoms with Gasteiger partial charge in [0.05, 0.1) is 22.9 Å². The molecule has 2 rings (SSSR count). The van der Waals surface area contributed by atoms with Crippen molar-refractivity contribution in [1.82, 2.24) is 4.90 Å². The van der Waals surface area contributed by atoms with Crippen LogP contribution in [-0.2, 0) is 14.8 Å². The Morgan fingerprint density at radius 2 is 2.00 bits per heavy atom. The molecule has 7 nitrogen and oxygen atoms in total. The fourth-order valence-electron chi connectivity index (χ4n) is 2.96. The zero-order valence-corrected chi connectivity index (χ0v) is 14.5. The first-order valence-corrected chi connectivity index (χ1v) is 9.55. The number of anilines is 1. The number of likely N-dealkylation sites (tertiary alicyclic amines) is 1. The third-order valence-electron chi connectivity index (χ3n) is 4.23. The van der Waals surface area contributed by atoms with Crippen LogP contribution in [0.3, 0.4) is 0 Å². The van der Waals surface area contributed by atoms with E-state index in [1.54, 1.807) is 32.0 Å². The molecule has 1 amide bonds. The van der Waals surface area contributed by atoms with E-state index in [1.807, 2.05) is 0 Å². The molecule has 1 aromatic rings. The number of aliphatic carboxylic acids is 1. The first kappa shape index (κ1) is 18.3. The van der Waals surface area contributed by atoms with Gasteiger partial charge in [0.25, 0.3) is 5.91 Å². The highest BCUT2D eigenvalue weighted by molar-refractivity contribution is 7.92. The summed E-state index contributed by atoms with van der Waals surface area (Å²) >= 11 is 0. The molecule has 1 fully saturated rings. The first-order valence-electron chi connectivity index (χ1n) is 7.90. The van der Waals surface area contributed by atoms with Crippen molar-refractivity contribution in [1.29, 1.82) is 0 Å². The van der Waals surface area contributed by atoms with Crippen molar-refractivity contribution in [3.63, 3.8) is 0 Å². The maximum Gasteiger partial charge on any atom is 0.308 e. The maximum absolute atomic E-state index is 12.8. The second-order valence-corrected chi connectivity index (χ2v) is 7.78. The van der Waals surface area contributed by atoms with Gasteiger partial charge in [0.1, 0.15) is 0 Å². The second-order valence-electron chi connectivity index (χ2n) is 5.94. The van der Waals surface area contributed by atoms with Crippen LogP contribution in [-0.4, -0.2) is 48.6 Å². The number of amides is 1. The van der Waals surface area contributed by atoms with Crippen LogP contribution in [0, 0.1) is 5.92 Å². The summed E-state index contributed by atoms with van der Waals surface area (Å²) in [6.07, 6.45) is 0.862. The summed E-state index contributed by atoms with van der Waals surface area (Å²) in [5.74, 6) is -1.91. The largest absolute Gasteiger partial charge is 0.481 e. The third-order valence-corrected chi connectivity index (χ3v) is 5.71. The molecule has 2 atom stereocenters. The van der Waals surface area contributed by atoms with Crippen molar-refractivity contribution in [3.8, 4) is 0 Å². The van der Waals surface area contributed by atoms with Crippen LogP contribution in [0.25, 0.3) is 0 Å². The zero-order valence-electron chi connectivity index (χ0n) is 13.7. The molecule has 1 aliphatic rings. The third kappa shape index (κ3) is 3.87. The Kier molecular flexibility index (Phi) is 5.48. The Hall–Kier alpha value is -2.09. The van der Waals surface area contributed by atoms with Crippen LogP contribution in [0.5, 0.6) is 0 Å². The van der Waals surface area contributed by atoms with Gasteiger partial charge < -0.3 is 10.0 Å². The highest BCUT2D eigenvalue weighted by Crippen LogP contribution is 2.28. The number of para-hydroxylation sites is 1. The topological polar surface area (TPSA) is 104 Å². The van der Waals surface area contributed by atoms with E-state index >= 15 is 0 Å². The number of carboxylic acids is 1. The van der Waals surface area contributed by atoms with Gasteiger partial charge in [-0.15, -0.1) is 0 Å². The van der Waals surface area contributed by atoms with Crippen LogP contribution in [0.1, 0.15) is 37.0 Å². The summed E-state index contributed by atoms with van der Waals surface area (Å²) in [6.45, 7) is 3.80. The molecule has 24 heavy (non-hydrogen) atoms.